The van der Waals surface area contributed by atoms with Crippen molar-refractivity contribution in [1.29, 1.82) is 0 Å². The van der Waals surface area contributed by atoms with E-state index in [1.807, 2.05) is 6.92 Å². The first-order valence-electron chi connectivity index (χ1n) is 9.99. The van der Waals surface area contributed by atoms with E-state index in [-0.39, 0.29) is 17.3 Å². The van der Waals surface area contributed by atoms with E-state index >= 15 is 0 Å². The summed E-state index contributed by atoms with van der Waals surface area (Å²) < 4.78 is 11.8. The molecule has 1 aromatic carbocycles. The number of benzene rings is 1. The summed E-state index contributed by atoms with van der Waals surface area (Å²) in [6.45, 7) is 10.5. The van der Waals surface area contributed by atoms with Gasteiger partial charge in [0, 0.05) is 12.0 Å². The molecule has 2 heterocycles. The van der Waals surface area contributed by atoms with E-state index in [4.69, 9.17) is 9.15 Å². The molecule has 4 heteroatoms. The van der Waals surface area contributed by atoms with Crippen molar-refractivity contribution in [1.82, 2.24) is 0 Å². The van der Waals surface area contributed by atoms with Crippen LogP contribution in [0.2, 0.25) is 0 Å². The molecule has 1 aliphatic rings. The molecular formula is C24H30O4. The SMILES string of the molecule is CC(C)=CCC/C(C)=C/CC[C@]1(C)Oc2c(c(=O)oc3cc(O)ccc23)[C@H]1C. The van der Waals surface area contributed by atoms with Crippen molar-refractivity contribution < 1.29 is 14.3 Å². The Balaban J connectivity index is 1.78. The first-order valence-corrected chi connectivity index (χ1v) is 9.99. The van der Waals surface area contributed by atoms with Gasteiger partial charge < -0.3 is 14.3 Å². The number of ether oxygens (including phenoxy) is 1. The van der Waals surface area contributed by atoms with Crippen LogP contribution in [0.5, 0.6) is 11.5 Å². The van der Waals surface area contributed by atoms with Crippen LogP contribution in [0.4, 0.5) is 0 Å². The summed E-state index contributed by atoms with van der Waals surface area (Å²) in [7, 11) is 0. The smallest absolute Gasteiger partial charge is 0.343 e. The summed E-state index contributed by atoms with van der Waals surface area (Å²) in [5.41, 5.74) is 2.85. The van der Waals surface area contributed by atoms with Gasteiger partial charge in [-0.1, -0.05) is 30.2 Å². The van der Waals surface area contributed by atoms with E-state index < -0.39 is 5.60 Å². The van der Waals surface area contributed by atoms with Crippen LogP contribution in [-0.2, 0) is 0 Å². The van der Waals surface area contributed by atoms with Crippen molar-refractivity contribution in [3.63, 3.8) is 0 Å². The minimum absolute atomic E-state index is 0.0590. The van der Waals surface area contributed by atoms with Gasteiger partial charge in [0.15, 0.2) is 0 Å². The van der Waals surface area contributed by atoms with Gasteiger partial charge >= 0.3 is 5.63 Å². The van der Waals surface area contributed by atoms with Crippen molar-refractivity contribution in [2.75, 3.05) is 0 Å². The van der Waals surface area contributed by atoms with Crippen molar-refractivity contribution in [2.24, 2.45) is 0 Å². The van der Waals surface area contributed by atoms with Gasteiger partial charge in [-0.2, -0.15) is 0 Å². The van der Waals surface area contributed by atoms with Gasteiger partial charge in [0.1, 0.15) is 22.7 Å². The molecule has 4 nitrogen and oxygen atoms in total. The van der Waals surface area contributed by atoms with E-state index in [2.05, 4.69) is 39.8 Å². The fourth-order valence-corrected chi connectivity index (χ4v) is 3.85. The third-order valence-electron chi connectivity index (χ3n) is 5.79. The van der Waals surface area contributed by atoms with Crippen LogP contribution in [0.15, 0.2) is 50.7 Å². The van der Waals surface area contributed by atoms with Gasteiger partial charge in [0.05, 0.1) is 10.9 Å². The van der Waals surface area contributed by atoms with Crippen LogP contribution in [0.3, 0.4) is 0 Å². The number of aromatic hydroxyl groups is 1. The Morgan fingerprint density at radius 3 is 2.68 bits per heavy atom. The molecule has 150 valence electrons. The Hall–Kier alpha value is -2.49. The predicted molar refractivity (Wildman–Crippen MR) is 113 cm³/mol. The lowest BCUT2D eigenvalue weighted by Gasteiger charge is -2.28. The summed E-state index contributed by atoms with van der Waals surface area (Å²) in [6, 6.07) is 4.79. The summed E-state index contributed by atoms with van der Waals surface area (Å²) in [5, 5.41) is 10.4. The Morgan fingerprint density at radius 1 is 1.21 bits per heavy atom. The highest BCUT2D eigenvalue weighted by molar-refractivity contribution is 5.86. The number of phenols is 1. The van der Waals surface area contributed by atoms with E-state index in [0.29, 0.717) is 16.9 Å². The highest BCUT2D eigenvalue weighted by Gasteiger charge is 2.44. The number of hydrogen-bond donors (Lipinski definition) is 1. The number of rotatable bonds is 6. The van der Waals surface area contributed by atoms with Crippen LogP contribution >= 0.6 is 0 Å². The summed E-state index contributed by atoms with van der Waals surface area (Å²) in [4.78, 5) is 12.5. The maximum Gasteiger partial charge on any atom is 0.343 e. The number of phenolic OH excluding ortho intramolecular Hbond substituents is 1. The lowest BCUT2D eigenvalue weighted by atomic mass is 9.84. The lowest BCUT2D eigenvalue weighted by Crippen LogP contribution is -2.33. The molecule has 1 aromatic heterocycles. The Labute approximate surface area is 166 Å². The summed E-state index contributed by atoms with van der Waals surface area (Å²) in [6.07, 6.45) is 8.40. The first kappa shape index (κ1) is 20.2. The first-order chi connectivity index (χ1) is 13.2. The zero-order valence-corrected chi connectivity index (χ0v) is 17.5. The zero-order chi connectivity index (χ0) is 20.5. The van der Waals surface area contributed by atoms with Crippen LogP contribution in [0.1, 0.15) is 71.8 Å². The van der Waals surface area contributed by atoms with Crippen LogP contribution in [-0.4, -0.2) is 10.7 Å². The van der Waals surface area contributed by atoms with Crippen molar-refractivity contribution >= 4 is 11.0 Å². The minimum Gasteiger partial charge on any atom is -0.508 e. The topological polar surface area (TPSA) is 59.7 Å². The van der Waals surface area contributed by atoms with Gasteiger partial charge in [-0.15, -0.1) is 0 Å². The highest BCUT2D eigenvalue weighted by Crippen LogP contribution is 2.48. The molecule has 0 fully saturated rings. The van der Waals surface area contributed by atoms with Gasteiger partial charge in [0.2, 0.25) is 0 Å². The molecule has 3 rings (SSSR count). The number of hydrogen-bond acceptors (Lipinski definition) is 4. The molecule has 2 atom stereocenters. The maximum atomic E-state index is 12.5. The molecule has 0 saturated heterocycles. The van der Waals surface area contributed by atoms with Crippen LogP contribution in [0.25, 0.3) is 11.0 Å². The molecule has 1 aliphatic heterocycles. The molecule has 0 radical (unpaired) electrons. The molecule has 2 aromatic rings. The van der Waals surface area contributed by atoms with Gasteiger partial charge in [-0.05, 0) is 65.5 Å². The number of allylic oxidation sites excluding steroid dienone is 4. The van der Waals surface area contributed by atoms with E-state index in [1.54, 1.807) is 12.1 Å². The average Bonchev–Trinajstić information content (AvgIpc) is 2.86. The molecule has 0 amide bonds. The standard InChI is InChI=1S/C24H30O4/c1-15(2)8-6-9-16(3)10-7-13-24(5)17(4)21-22(28-24)19-12-11-18(25)14-20(19)27-23(21)26/h8,10-12,14,17,25H,6-7,9,13H2,1-5H3/b16-10+/t17-,24+/m1/s1. The van der Waals surface area contributed by atoms with Crippen molar-refractivity contribution in [3.8, 4) is 11.5 Å². The maximum absolute atomic E-state index is 12.5. The molecule has 0 aliphatic carbocycles. The molecule has 0 unspecified atom stereocenters. The normalized spacial score (nSPS) is 21.5. The Bertz CT molecular complexity index is 992. The molecule has 28 heavy (non-hydrogen) atoms. The monoisotopic (exact) mass is 382 g/mol. The van der Waals surface area contributed by atoms with Crippen LogP contribution in [0, 0.1) is 0 Å². The lowest BCUT2D eigenvalue weighted by molar-refractivity contribution is 0.0862. The fraction of sp³-hybridized carbons (Fsp3) is 0.458. The second-order valence-corrected chi connectivity index (χ2v) is 8.36. The molecular weight excluding hydrogens is 352 g/mol. The third kappa shape index (κ3) is 4.01. The quantitative estimate of drug-likeness (QED) is 0.475. The molecule has 0 bridgehead atoms. The second-order valence-electron chi connectivity index (χ2n) is 8.36. The largest absolute Gasteiger partial charge is 0.508 e. The Morgan fingerprint density at radius 2 is 1.96 bits per heavy atom. The number of fused-ring (bicyclic) bond motifs is 3. The van der Waals surface area contributed by atoms with E-state index in [1.165, 1.54) is 17.2 Å². The average molecular weight is 383 g/mol. The van der Waals surface area contributed by atoms with Crippen molar-refractivity contribution in [2.45, 2.75) is 71.8 Å². The zero-order valence-electron chi connectivity index (χ0n) is 17.5. The third-order valence-corrected chi connectivity index (χ3v) is 5.79. The summed E-state index contributed by atoms with van der Waals surface area (Å²) in [5.74, 6) is 0.611. The highest BCUT2D eigenvalue weighted by atomic mass is 16.5. The summed E-state index contributed by atoms with van der Waals surface area (Å²) >= 11 is 0. The van der Waals surface area contributed by atoms with Crippen molar-refractivity contribution in [3.05, 3.63) is 57.5 Å². The van der Waals surface area contributed by atoms with E-state index in [9.17, 15) is 9.90 Å². The van der Waals surface area contributed by atoms with Crippen LogP contribution < -0.4 is 10.4 Å². The molecule has 0 spiro atoms. The molecule has 0 saturated carbocycles. The van der Waals surface area contributed by atoms with Gasteiger partial charge in [-0.3, -0.25) is 0 Å². The fourth-order valence-electron chi connectivity index (χ4n) is 3.85. The second kappa shape index (κ2) is 7.86. The molecule has 1 N–H and O–H groups in total. The van der Waals surface area contributed by atoms with Gasteiger partial charge in [-0.25, -0.2) is 4.79 Å². The minimum atomic E-state index is -0.458. The Kier molecular flexibility index (Phi) is 5.69. The van der Waals surface area contributed by atoms with Gasteiger partial charge in [0.25, 0.3) is 0 Å². The predicted octanol–water partition coefficient (Wildman–Crippen LogP) is 6.23. The van der Waals surface area contributed by atoms with E-state index in [0.717, 1.165) is 31.1 Å².